The highest BCUT2D eigenvalue weighted by Gasteiger charge is 2.49. The number of likely N-dealkylation sites (N-methyl/N-ethyl adjacent to an activating group) is 1. The smallest absolute Gasteiger partial charge is 0.154 e. The molecule has 32 heavy (non-hydrogen) atoms. The molecule has 0 bridgehead atoms. The Hall–Kier alpha value is -1.94. The molecule has 2 unspecified atom stereocenters. The minimum Gasteiger partial charge on any atom is -0.346 e. The van der Waals surface area contributed by atoms with E-state index < -0.39 is 6.34 Å². The van der Waals surface area contributed by atoms with Crippen molar-refractivity contribution in [3.05, 3.63) is 71.2 Å². The zero-order valence-electron chi connectivity index (χ0n) is 19.5. The third kappa shape index (κ3) is 3.13. The van der Waals surface area contributed by atoms with Crippen LogP contribution < -0.4 is 9.68 Å². The highest BCUT2D eigenvalue weighted by atomic mass is 32.4. The van der Waals surface area contributed by atoms with Crippen LogP contribution in [0.15, 0.2) is 70.7 Å². The molecule has 0 N–H and O–H groups in total. The largest absolute Gasteiger partial charge is 0.346 e. The number of hydrogen-bond donors (Lipinski definition) is 0. The molecule has 3 heterocycles. The van der Waals surface area contributed by atoms with Gasteiger partial charge in [-0.3, -0.25) is 4.67 Å². The van der Waals surface area contributed by atoms with Crippen molar-refractivity contribution in [3.8, 4) is 0 Å². The van der Waals surface area contributed by atoms with Crippen molar-refractivity contribution < 1.29 is 0 Å². The van der Waals surface area contributed by atoms with Gasteiger partial charge < -0.3 is 4.90 Å². The van der Waals surface area contributed by atoms with E-state index in [-0.39, 0.29) is 5.41 Å². The lowest BCUT2D eigenvalue weighted by Crippen LogP contribution is -2.40. The maximum atomic E-state index is 6.81. The predicted molar refractivity (Wildman–Crippen MR) is 141 cm³/mol. The van der Waals surface area contributed by atoms with Crippen LogP contribution in [0, 0.1) is 0 Å². The van der Waals surface area contributed by atoms with E-state index in [9.17, 15) is 0 Å². The molecule has 0 aliphatic carbocycles. The molecule has 0 amide bonds. The molecular formula is C26H33N4PS. The lowest BCUT2D eigenvalue weighted by Gasteiger charge is -2.46. The zero-order valence-corrected chi connectivity index (χ0v) is 21.2. The first-order valence-electron chi connectivity index (χ1n) is 11.8. The first-order chi connectivity index (χ1) is 15.4. The summed E-state index contributed by atoms with van der Waals surface area (Å²) >= 11 is 6.81. The topological polar surface area (TPSA) is 22.1 Å². The Bertz CT molecular complexity index is 1120. The van der Waals surface area contributed by atoms with Crippen LogP contribution in [0.4, 0.5) is 11.4 Å². The minimum atomic E-state index is -2.34. The number of hydrogen-bond acceptors (Lipinski definition) is 3. The molecule has 0 spiro atoms. The molecule has 6 heteroatoms. The van der Waals surface area contributed by atoms with E-state index in [4.69, 9.17) is 16.9 Å². The number of anilines is 2. The van der Waals surface area contributed by atoms with E-state index in [1.807, 2.05) is 0 Å². The molecule has 3 aliphatic rings. The summed E-state index contributed by atoms with van der Waals surface area (Å²) < 4.78 is 4.87. The Kier molecular flexibility index (Phi) is 5.56. The standard InChI is InChI=1S/C26H33N4PS/c1-5-20-13-11-12-18-29(20)31(32)24(19-27-30(31)21-14-7-6-8-15-21)25-26(2,3)22-16-9-10-17-23(22)28(25)4/h6-10,14-17,19-20H,5,11-13,18H2,1-4H3/b25-24+. The summed E-state index contributed by atoms with van der Waals surface area (Å²) in [6, 6.07) is 19.8. The fourth-order valence-corrected chi connectivity index (χ4v) is 10.6. The van der Waals surface area contributed by atoms with Gasteiger partial charge in [0.1, 0.15) is 0 Å². The lowest BCUT2D eigenvalue weighted by molar-refractivity contribution is 0.258. The molecule has 3 aliphatic heterocycles. The SMILES string of the molecule is CCC1CCCCN1P1(=S)/C(=C2/N(C)c3ccccc3C2(C)C)C=NN1c1ccccc1. The van der Waals surface area contributed by atoms with E-state index in [0.29, 0.717) is 6.04 Å². The number of rotatable bonds is 3. The molecule has 1 fully saturated rings. The van der Waals surface area contributed by atoms with Crippen molar-refractivity contribution in [1.29, 1.82) is 0 Å². The molecule has 0 radical (unpaired) electrons. The Morgan fingerprint density at radius 2 is 1.78 bits per heavy atom. The average Bonchev–Trinajstić information content (AvgIpc) is 3.26. The van der Waals surface area contributed by atoms with Crippen molar-refractivity contribution >= 4 is 35.7 Å². The van der Waals surface area contributed by atoms with Crippen molar-refractivity contribution in [1.82, 2.24) is 4.67 Å². The lowest BCUT2D eigenvalue weighted by atomic mass is 9.84. The maximum Gasteiger partial charge on any atom is 0.154 e. The van der Waals surface area contributed by atoms with Gasteiger partial charge in [0.2, 0.25) is 0 Å². The number of allylic oxidation sites excluding steroid dienone is 2. The summed E-state index contributed by atoms with van der Waals surface area (Å²) in [5.74, 6) is 0. The Labute approximate surface area is 197 Å². The van der Waals surface area contributed by atoms with Crippen molar-refractivity contribution in [2.24, 2.45) is 5.10 Å². The van der Waals surface area contributed by atoms with Crippen LogP contribution in [-0.2, 0) is 17.2 Å². The Morgan fingerprint density at radius 1 is 1.06 bits per heavy atom. The van der Waals surface area contributed by atoms with E-state index in [1.54, 1.807) is 0 Å². The Morgan fingerprint density at radius 3 is 2.50 bits per heavy atom. The molecule has 2 aromatic carbocycles. The number of para-hydroxylation sites is 2. The highest BCUT2D eigenvalue weighted by molar-refractivity contribution is 8.16. The predicted octanol–water partition coefficient (Wildman–Crippen LogP) is 6.71. The normalized spacial score (nSPS) is 29.6. The second-order valence-electron chi connectivity index (χ2n) is 9.57. The number of piperidine rings is 1. The first kappa shape index (κ1) is 21.9. The van der Waals surface area contributed by atoms with Crippen molar-refractivity contribution in [2.45, 2.75) is 57.9 Å². The summed E-state index contributed by atoms with van der Waals surface area (Å²) in [4.78, 5) is 2.37. The van der Waals surface area contributed by atoms with Crippen LogP contribution in [0.25, 0.3) is 0 Å². The van der Waals surface area contributed by atoms with Crippen LogP contribution in [0.3, 0.4) is 0 Å². The molecule has 0 saturated carbocycles. The Balaban J connectivity index is 1.74. The fourth-order valence-electron chi connectivity index (χ4n) is 5.80. The molecule has 0 aromatic heterocycles. The van der Waals surface area contributed by atoms with E-state index >= 15 is 0 Å². The van der Waals surface area contributed by atoms with Gasteiger partial charge in [-0.15, -0.1) is 0 Å². The fraction of sp³-hybridized carbons (Fsp3) is 0.423. The van der Waals surface area contributed by atoms with Gasteiger partial charge in [-0.05, 0) is 43.0 Å². The van der Waals surface area contributed by atoms with Gasteiger partial charge in [0, 0.05) is 36.4 Å². The summed E-state index contributed by atoms with van der Waals surface area (Å²) in [6.07, 6.45) is 4.60. The number of benzene rings is 2. The van der Waals surface area contributed by atoms with E-state index in [1.165, 1.54) is 41.5 Å². The van der Waals surface area contributed by atoms with Crippen molar-refractivity contribution in [2.75, 3.05) is 23.3 Å². The highest BCUT2D eigenvalue weighted by Crippen LogP contribution is 2.69. The second-order valence-corrected chi connectivity index (χ2v) is 13.6. The molecule has 168 valence electrons. The second kappa shape index (κ2) is 8.13. The van der Waals surface area contributed by atoms with Gasteiger partial charge >= 0.3 is 0 Å². The molecule has 4 nitrogen and oxygen atoms in total. The molecule has 5 rings (SSSR count). The monoisotopic (exact) mass is 464 g/mol. The molecule has 2 atom stereocenters. The molecular weight excluding hydrogens is 431 g/mol. The van der Waals surface area contributed by atoms with Gasteiger partial charge in [0.25, 0.3) is 0 Å². The van der Waals surface area contributed by atoms with Crippen LogP contribution >= 0.6 is 6.34 Å². The number of nitrogens with zero attached hydrogens (tertiary/aromatic N) is 4. The van der Waals surface area contributed by atoms with E-state index in [2.05, 4.69) is 103 Å². The summed E-state index contributed by atoms with van der Waals surface area (Å²) in [7, 11) is 2.20. The quantitative estimate of drug-likeness (QED) is 0.471. The van der Waals surface area contributed by atoms with Gasteiger partial charge in [-0.1, -0.05) is 75.4 Å². The van der Waals surface area contributed by atoms with Crippen LogP contribution in [0.1, 0.15) is 52.0 Å². The molecule has 1 saturated heterocycles. The van der Waals surface area contributed by atoms with Gasteiger partial charge in [-0.25, -0.2) is 4.78 Å². The first-order valence-corrected chi connectivity index (χ1v) is 14.5. The zero-order chi connectivity index (χ0) is 22.5. The van der Waals surface area contributed by atoms with Gasteiger partial charge in [0.15, 0.2) is 6.34 Å². The van der Waals surface area contributed by atoms with Crippen LogP contribution in [0.5, 0.6) is 0 Å². The third-order valence-electron chi connectivity index (χ3n) is 7.37. The third-order valence-corrected chi connectivity index (χ3v) is 12.1. The van der Waals surface area contributed by atoms with Gasteiger partial charge in [0.05, 0.1) is 17.2 Å². The summed E-state index contributed by atoms with van der Waals surface area (Å²) in [5.41, 5.74) is 4.92. The number of hydrazone groups is 1. The van der Waals surface area contributed by atoms with Crippen molar-refractivity contribution in [3.63, 3.8) is 0 Å². The van der Waals surface area contributed by atoms with E-state index in [0.717, 1.165) is 18.7 Å². The number of fused-ring (bicyclic) bond motifs is 1. The van der Waals surface area contributed by atoms with Crippen LogP contribution in [-0.4, -0.2) is 30.5 Å². The average molecular weight is 465 g/mol. The summed E-state index contributed by atoms with van der Waals surface area (Å²) in [5, 5.41) is 6.27. The summed E-state index contributed by atoms with van der Waals surface area (Å²) in [6.45, 7) is 8.03. The van der Waals surface area contributed by atoms with Crippen LogP contribution in [0.2, 0.25) is 0 Å². The minimum absolute atomic E-state index is 0.124. The maximum absolute atomic E-state index is 6.81. The molecule has 2 aromatic rings. The van der Waals surface area contributed by atoms with Gasteiger partial charge in [-0.2, -0.15) is 5.10 Å².